The van der Waals surface area contributed by atoms with Crippen LogP contribution in [0.5, 0.6) is 5.75 Å². The van der Waals surface area contributed by atoms with Gasteiger partial charge in [0.1, 0.15) is 5.75 Å². The average molecular weight is 264 g/mol. The van der Waals surface area contributed by atoms with Crippen molar-refractivity contribution in [3.63, 3.8) is 0 Å². The summed E-state index contributed by atoms with van der Waals surface area (Å²) in [6, 6.07) is 7.17. The van der Waals surface area contributed by atoms with E-state index >= 15 is 0 Å². The molecule has 0 aliphatic heterocycles. The Morgan fingerprint density at radius 3 is 2.32 bits per heavy atom. The first kappa shape index (κ1) is 15.3. The standard InChI is InChI=1S/C15H24N2O2/c1-4-15(5-2,6-3)17-14(18)11-19-13-10-8-7-9-12(13)16/h7-10H,4-6,11,16H2,1-3H3,(H,17,18). The molecule has 0 fully saturated rings. The third-order valence-electron chi connectivity index (χ3n) is 3.71. The van der Waals surface area contributed by atoms with Crippen LogP contribution >= 0.6 is 0 Å². The van der Waals surface area contributed by atoms with Crippen molar-refractivity contribution in [3.05, 3.63) is 24.3 Å². The van der Waals surface area contributed by atoms with Crippen molar-refractivity contribution < 1.29 is 9.53 Å². The topological polar surface area (TPSA) is 64.3 Å². The van der Waals surface area contributed by atoms with Crippen molar-refractivity contribution in [1.29, 1.82) is 0 Å². The third-order valence-corrected chi connectivity index (χ3v) is 3.71. The molecule has 1 aromatic carbocycles. The summed E-state index contributed by atoms with van der Waals surface area (Å²) in [5.41, 5.74) is 6.18. The van der Waals surface area contributed by atoms with E-state index in [2.05, 4.69) is 26.1 Å². The summed E-state index contributed by atoms with van der Waals surface area (Å²) in [6.07, 6.45) is 2.75. The smallest absolute Gasteiger partial charge is 0.258 e. The number of anilines is 1. The highest BCUT2D eigenvalue weighted by atomic mass is 16.5. The van der Waals surface area contributed by atoms with Crippen molar-refractivity contribution in [3.8, 4) is 5.75 Å². The van der Waals surface area contributed by atoms with Crippen molar-refractivity contribution in [1.82, 2.24) is 5.32 Å². The molecule has 106 valence electrons. The van der Waals surface area contributed by atoms with Gasteiger partial charge in [0.15, 0.2) is 6.61 Å². The zero-order valence-corrected chi connectivity index (χ0v) is 12.0. The largest absolute Gasteiger partial charge is 0.482 e. The van der Waals surface area contributed by atoms with Gasteiger partial charge in [0.05, 0.1) is 5.69 Å². The van der Waals surface area contributed by atoms with E-state index in [0.29, 0.717) is 11.4 Å². The molecule has 1 amide bonds. The molecule has 3 N–H and O–H groups in total. The number of para-hydroxylation sites is 2. The van der Waals surface area contributed by atoms with Gasteiger partial charge in [0.2, 0.25) is 0 Å². The van der Waals surface area contributed by atoms with Crippen LogP contribution in [0.2, 0.25) is 0 Å². The number of hydrogen-bond donors (Lipinski definition) is 2. The van der Waals surface area contributed by atoms with E-state index in [1.165, 1.54) is 0 Å². The highest BCUT2D eigenvalue weighted by Gasteiger charge is 2.25. The second kappa shape index (κ2) is 7.02. The van der Waals surface area contributed by atoms with E-state index in [1.54, 1.807) is 12.1 Å². The van der Waals surface area contributed by atoms with Gasteiger partial charge >= 0.3 is 0 Å². The average Bonchev–Trinajstić information content (AvgIpc) is 2.44. The van der Waals surface area contributed by atoms with E-state index in [9.17, 15) is 4.79 Å². The van der Waals surface area contributed by atoms with Gasteiger partial charge in [-0.1, -0.05) is 32.9 Å². The number of carbonyl (C=O) groups is 1. The molecule has 4 heteroatoms. The summed E-state index contributed by atoms with van der Waals surface area (Å²) in [7, 11) is 0. The van der Waals surface area contributed by atoms with Crippen LogP contribution in [-0.2, 0) is 4.79 Å². The molecular weight excluding hydrogens is 240 g/mol. The Hall–Kier alpha value is -1.71. The van der Waals surface area contributed by atoms with Crippen LogP contribution in [0, 0.1) is 0 Å². The van der Waals surface area contributed by atoms with Gasteiger partial charge in [-0.05, 0) is 31.4 Å². The molecule has 0 aliphatic carbocycles. The Balaban J connectivity index is 2.54. The van der Waals surface area contributed by atoms with Gasteiger partial charge in [0.25, 0.3) is 5.91 Å². The first-order valence-electron chi connectivity index (χ1n) is 6.85. The predicted octanol–water partition coefficient (Wildman–Crippen LogP) is 2.73. The molecule has 0 saturated carbocycles. The summed E-state index contributed by atoms with van der Waals surface area (Å²) < 4.78 is 5.44. The Kier molecular flexibility index (Phi) is 5.67. The minimum absolute atomic E-state index is 0.00400. The van der Waals surface area contributed by atoms with E-state index in [4.69, 9.17) is 10.5 Å². The van der Waals surface area contributed by atoms with Crippen molar-refractivity contribution in [2.24, 2.45) is 0 Å². The van der Waals surface area contributed by atoms with E-state index in [-0.39, 0.29) is 18.1 Å². The molecule has 19 heavy (non-hydrogen) atoms. The van der Waals surface area contributed by atoms with Crippen LogP contribution in [0.3, 0.4) is 0 Å². The first-order valence-corrected chi connectivity index (χ1v) is 6.85. The summed E-state index contributed by atoms with van der Waals surface area (Å²) in [6.45, 7) is 6.26. The van der Waals surface area contributed by atoms with Crippen LogP contribution in [0.15, 0.2) is 24.3 Å². The Morgan fingerprint density at radius 1 is 1.21 bits per heavy atom. The summed E-state index contributed by atoms with van der Waals surface area (Å²) in [4.78, 5) is 11.9. The molecule has 0 heterocycles. The second-order valence-corrected chi connectivity index (χ2v) is 4.72. The number of nitrogen functional groups attached to an aromatic ring is 1. The zero-order chi connectivity index (χ0) is 14.3. The number of nitrogens with one attached hydrogen (secondary N) is 1. The minimum atomic E-state index is -0.122. The third kappa shape index (κ3) is 4.16. The number of hydrogen-bond acceptors (Lipinski definition) is 3. The molecule has 1 rings (SSSR count). The predicted molar refractivity (Wildman–Crippen MR) is 78.1 cm³/mol. The fourth-order valence-corrected chi connectivity index (χ4v) is 2.10. The quantitative estimate of drug-likeness (QED) is 0.744. The Labute approximate surface area is 115 Å². The van der Waals surface area contributed by atoms with E-state index < -0.39 is 0 Å². The lowest BCUT2D eigenvalue weighted by molar-refractivity contribution is -0.125. The van der Waals surface area contributed by atoms with Gasteiger partial charge in [-0.15, -0.1) is 0 Å². The van der Waals surface area contributed by atoms with Gasteiger partial charge in [0, 0.05) is 5.54 Å². The second-order valence-electron chi connectivity index (χ2n) is 4.72. The van der Waals surface area contributed by atoms with Crippen molar-refractivity contribution in [2.75, 3.05) is 12.3 Å². The Morgan fingerprint density at radius 2 is 1.79 bits per heavy atom. The zero-order valence-electron chi connectivity index (χ0n) is 12.0. The Bertz CT molecular complexity index is 406. The molecule has 0 spiro atoms. The number of ether oxygens (including phenoxy) is 1. The molecule has 0 aliphatic rings. The number of benzene rings is 1. The van der Waals surface area contributed by atoms with Crippen LogP contribution in [0.25, 0.3) is 0 Å². The maximum Gasteiger partial charge on any atom is 0.258 e. The van der Waals surface area contributed by atoms with Crippen LogP contribution < -0.4 is 15.8 Å². The number of nitrogens with two attached hydrogens (primary N) is 1. The highest BCUT2D eigenvalue weighted by molar-refractivity contribution is 5.78. The SMILES string of the molecule is CCC(CC)(CC)NC(=O)COc1ccccc1N. The fourth-order valence-electron chi connectivity index (χ4n) is 2.10. The van der Waals surface area contributed by atoms with Gasteiger partial charge < -0.3 is 15.8 Å². The molecule has 4 nitrogen and oxygen atoms in total. The lowest BCUT2D eigenvalue weighted by atomic mass is 9.90. The maximum atomic E-state index is 11.9. The van der Waals surface area contributed by atoms with Crippen LogP contribution in [0.1, 0.15) is 40.0 Å². The lowest BCUT2D eigenvalue weighted by Crippen LogP contribution is -2.48. The van der Waals surface area contributed by atoms with Crippen LogP contribution in [-0.4, -0.2) is 18.1 Å². The molecule has 0 saturated heterocycles. The molecule has 0 aromatic heterocycles. The van der Waals surface area contributed by atoms with Gasteiger partial charge in [-0.25, -0.2) is 0 Å². The van der Waals surface area contributed by atoms with Gasteiger partial charge in [-0.3, -0.25) is 4.79 Å². The molecule has 0 atom stereocenters. The molecule has 0 bridgehead atoms. The number of rotatable bonds is 7. The minimum Gasteiger partial charge on any atom is -0.482 e. The van der Waals surface area contributed by atoms with Crippen LogP contribution in [0.4, 0.5) is 5.69 Å². The number of carbonyl (C=O) groups excluding carboxylic acids is 1. The molecule has 0 unspecified atom stereocenters. The normalized spacial score (nSPS) is 11.1. The van der Waals surface area contributed by atoms with E-state index in [0.717, 1.165) is 19.3 Å². The lowest BCUT2D eigenvalue weighted by Gasteiger charge is -2.31. The van der Waals surface area contributed by atoms with Crippen molar-refractivity contribution >= 4 is 11.6 Å². The van der Waals surface area contributed by atoms with Crippen molar-refractivity contribution in [2.45, 2.75) is 45.6 Å². The van der Waals surface area contributed by atoms with E-state index in [1.807, 2.05) is 12.1 Å². The summed E-state index contributed by atoms with van der Waals surface area (Å²) >= 11 is 0. The molecule has 1 aromatic rings. The maximum absolute atomic E-state index is 11.9. The fraction of sp³-hybridized carbons (Fsp3) is 0.533. The van der Waals surface area contributed by atoms with Gasteiger partial charge in [-0.2, -0.15) is 0 Å². The first-order chi connectivity index (χ1) is 9.06. The highest BCUT2D eigenvalue weighted by Crippen LogP contribution is 2.21. The summed E-state index contributed by atoms with van der Waals surface area (Å²) in [5, 5.41) is 3.06. The monoisotopic (exact) mass is 264 g/mol. The summed E-state index contributed by atoms with van der Waals surface area (Å²) in [5.74, 6) is 0.446. The molecule has 0 radical (unpaired) electrons. The number of amides is 1. The molecular formula is C15H24N2O2.